The van der Waals surface area contributed by atoms with Crippen molar-refractivity contribution in [1.29, 1.82) is 0 Å². The van der Waals surface area contributed by atoms with Crippen LogP contribution >= 0.6 is 0 Å². The van der Waals surface area contributed by atoms with E-state index in [0.717, 1.165) is 18.4 Å². The van der Waals surface area contributed by atoms with E-state index >= 15 is 0 Å². The van der Waals surface area contributed by atoms with E-state index < -0.39 is 5.60 Å². The number of nitrogens with zero attached hydrogens (tertiary/aromatic N) is 4. The summed E-state index contributed by atoms with van der Waals surface area (Å²) in [6, 6.07) is 9.33. The van der Waals surface area contributed by atoms with Crippen molar-refractivity contribution < 1.29 is 19.4 Å². The van der Waals surface area contributed by atoms with E-state index in [-0.39, 0.29) is 18.6 Å². The third-order valence-electron chi connectivity index (χ3n) is 5.41. The van der Waals surface area contributed by atoms with Crippen LogP contribution < -0.4 is 10.1 Å². The Morgan fingerprint density at radius 3 is 2.71 bits per heavy atom. The number of aromatic nitrogens is 4. The largest absolute Gasteiger partial charge is 0.496 e. The van der Waals surface area contributed by atoms with Crippen LogP contribution in [0.1, 0.15) is 56.1 Å². The second kappa shape index (κ2) is 11.2. The Morgan fingerprint density at radius 1 is 1.24 bits per heavy atom. The number of hydrogen-bond acceptors (Lipinski definition) is 7. The van der Waals surface area contributed by atoms with Gasteiger partial charge in [0.25, 0.3) is 11.9 Å². The summed E-state index contributed by atoms with van der Waals surface area (Å²) in [6.45, 7) is 5.68. The predicted octanol–water partition coefficient (Wildman–Crippen LogP) is 3.54. The first-order valence-electron chi connectivity index (χ1n) is 11.3. The summed E-state index contributed by atoms with van der Waals surface area (Å²) in [5.74, 6) is 0.783. The van der Waals surface area contributed by atoms with E-state index in [1.807, 2.05) is 31.2 Å². The van der Waals surface area contributed by atoms with Crippen LogP contribution in [0.4, 0.5) is 0 Å². The van der Waals surface area contributed by atoms with Crippen molar-refractivity contribution in [2.24, 2.45) is 0 Å². The number of benzene rings is 1. The van der Waals surface area contributed by atoms with Crippen molar-refractivity contribution in [3.05, 3.63) is 54.0 Å². The number of rotatable bonds is 11. The molecule has 9 nitrogen and oxygen atoms in total. The van der Waals surface area contributed by atoms with Crippen LogP contribution in [-0.2, 0) is 11.3 Å². The summed E-state index contributed by atoms with van der Waals surface area (Å²) in [5, 5.41) is 17.3. The molecule has 0 saturated carbocycles. The Morgan fingerprint density at radius 2 is 2.00 bits per heavy atom. The van der Waals surface area contributed by atoms with Crippen LogP contribution in [-0.4, -0.2) is 56.6 Å². The maximum absolute atomic E-state index is 13.0. The molecule has 0 radical (unpaired) electrons. The zero-order chi connectivity index (χ0) is 24.7. The highest BCUT2D eigenvalue weighted by Gasteiger charge is 2.22. The first kappa shape index (κ1) is 25.3. The second-order valence-corrected chi connectivity index (χ2v) is 8.87. The molecule has 3 rings (SSSR count). The molecule has 0 aliphatic carbocycles. The zero-order valence-corrected chi connectivity index (χ0v) is 20.4. The summed E-state index contributed by atoms with van der Waals surface area (Å²) in [6.07, 6.45) is 5.38. The Kier molecular flexibility index (Phi) is 8.36. The van der Waals surface area contributed by atoms with Gasteiger partial charge in [0.15, 0.2) is 0 Å². The fourth-order valence-corrected chi connectivity index (χ4v) is 3.68. The fraction of sp³-hybridized carbons (Fsp3) is 0.440. The molecule has 0 fully saturated rings. The highest BCUT2D eigenvalue weighted by atomic mass is 16.5. The fourth-order valence-electron chi connectivity index (χ4n) is 3.68. The maximum atomic E-state index is 13.0. The minimum absolute atomic E-state index is 0.0567. The zero-order valence-electron chi connectivity index (χ0n) is 20.4. The highest BCUT2D eigenvalue weighted by Crippen LogP contribution is 2.28. The van der Waals surface area contributed by atoms with Gasteiger partial charge >= 0.3 is 0 Å². The predicted molar refractivity (Wildman–Crippen MR) is 129 cm³/mol. The molecular formula is C25H33N5O4. The third kappa shape index (κ3) is 6.39. The Labute approximate surface area is 200 Å². The summed E-state index contributed by atoms with van der Waals surface area (Å²) < 4.78 is 12.3. The monoisotopic (exact) mass is 467 g/mol. The molecule has 1 aromatic carbocycles. The minimum Gasteiger partial charge on any atom is -0.496 e. The molecule has 2 aromatic heterocycles. The number of methoxy groups -OCH3 is 2. The molecule has 182 valence electrons. The van der Waals surface area contributed by atoms with Crippen molar-refractivity contribution in [3.63, 3.8) is 0 Å². The molecule has 1 atom stereocenters. The van der Waals surface area contributed by atoms with Gasteiger partial charge in [0.2, 0.25) is 0 Å². The number of hydrogen-bond donors (Lipinski definition) is 2. The lowest BCUT2D eigenvalue weighted by atomic mass is 9.99. The molecule has 1 amide bonds. The van der Waals surface area contributed by atoms with Crippen molar-refractivity contribution >= 4 is 5.91 Å². The van der Waals surface area contributed by atoms with Gasteiger partial charge in [0.1, 0.15) is 5.75 Å². The molecule has 0 aliphatic rings. The van der Waals surface area contributed by atoms with Crippen molar-refractivity contribution in [2.75, 3.05) is 14.2 Å². The topological polar surface area (TPSA) is 111 Å². The van der Waals surface area contributed by atoms with Crippen LogP contribution in [0.25, 0.3) is 17.2 Å². The molecular weight excluding hydrogens is 434 g/mol. The lowest BCUT2D eigenvalue weighted by Crippen LogP contribution is -2.33. The average molecular weight is 468 g/mol. The van der Waals surface area contributed by atoms with Crippen LogP contribution in [0.3, 0.4) is 0 Å². The Balaban J connectivity index is 1.83. The van der Waals surface area contributed by atoms with Gasteiger partial charge in [-0.25, -0.2) is 9.97 Å². The number of nitrogens with one attached hydrogen (secondary N) is 1. The van der Waals surface area contributed by atoms with Crippen LogP contribution in [0.2, 0.25) is 0 Å². The summed E-state index contributed by atoms with van der Waals surface area (Å²) >= 11 is 0. The highest BCUT2D eigenvalue weighted by molar-refractivity contribution is 5.95. The van der Waals surface area contributed by atoms with Crippen LogP contribution in [0.5, 0.6) is 5.75 Å². The van der Waals surface area contributed by atoms with E-state index in [9.17, 15) is 9.90 Å². The van der Waals surface area contributed by atoms with Gasteiger partial charge in [-0.1, -0.05) is 12.1 Å². The lowest BCUT2D eigenvalue weighted by Gasteiger charge is -2.19. The number of para-hydroxylation sites is 1. The van der Waals surface area contributed by atoms with Crippen molar-refractivity contribution in [3.8, 4) is 23.0 Å². The third-order valence-corrected chi connectivity index (χ3v) is 5.41. The van der Waals surface area contributed by atoms with Crippen LogP contribution in [0.15, 0.2) is 42.7 Å². The molecule has 9 heteroatoms. The number of amides is 1. The van der Waals surface area contributed by atoms with E-state index in [0.29, 0.717) is 35.1 Å². The number of carbonyl (C=O) groups is 1. The smallest absolute Gasteiger partial charge is 0.255 e. The second-order valence-electron chi connectivity index (χ2n) is 8.87. The lowest BCUT2D eigenvalue weighted by molar-refractivity contribution is 0.0674. The van der Waals surface area contributed by atoms with Gasteiger partial charge in [-0.05, 0) is 58.2 Å². The van der Waals surface area contributed by atoms with Gasteiger partial charge in [-0.2, -0.15) is 9.78 Å². The molecule has 0 saturated heterocycles. The maximum Gasteiger partial charge on any atom is 0.255 e. The summed E-state index contributed by atoms with van der Waals surface area (Å²) in [4.78, 5) is 22.0. The van der Waals surface area contributed by atoms with E-state index in [1.165, 1.54) is 10.9 Å². The van der Waals surface area contributed by atoms with Gasteiger partial charge in [0.05, 0.1) is 42.5 Å². The molecule has 2 heterocycles. The van der Waals surface area contributed by atoms with Gasteiger partial charge in [-0.15, -0.1) is 0 Å². The van der Waals surface area contributed by atoms with E-state index in [4.69, 9.17) is 9.47 Å². The summed E-state index contributed by atoms with van der Waals surface area (Å²) in [5.41, 5.74) is 1.75. The minimum atomic E-state index is -0.713. The van der Waals surface area contributed by atoms with Crippen LogP contribution in [0, 0.1) is 0 Å². The van der Waals surface area contributed by atoms with Gasteiger partial charge < -0.3 is 19.9 Å². The Bertz CT molecular complexity index is 1110. The van der Waals surface area contributed by atoms with Gasteiger partial charge in [0, 0.05) is 24.9 Å². The number of carbonyl (C=O) groups excluding carboxylic acids is 1. The van der Waals surface area contributed by atoms with E-state index in [2.05, 4.69) is 20.4 Å². The average Bonchev–Trinajstić information content (AvgIpc) is 3.22. The Hall–Kier alpha value is -3.30. The first-order chi connectivity index (χ1) is 16.2. The number of aliphatic hydroxyl groups is 1. The molecule has 0 unspecified atom stereocenters. The summed E-state index contributed by atoms with van der Waals surface area (Å²) in [7, 11) is 3.17. The SMILES string of the molecule is COCc1c(C(=O)N[C@@H](C)CCCC(C)(C)O)cnn1-c1nccc(-c2ccccc2OC)n1. The van der Waals surface area contributed by atoms with Crippen molar-refractivity contribution in [2.45, 2.75) is 58.3 Å². The molecule has 0 bridgehead atoms. The standard InChI is InChI=1S/C25H33N5O4/c1-17(9-8-13-25(2,3)32)28-23(31)19-15-27-30(21(19)16-33-4)24-26-14-12-20(29-24)18-10-6-7-11-22(18)34-5/h6-7,10-12,14-15,17,32H,8-9,13,16H2,1-5H3,(H,28,31)/t17-/m0/s1. The molecule has 2 N–H and O–H groups in total. The molecule has 3 aromatic rings. The van der Waals surface area contributed by atoms with Crippen molar-refractivity contribution in [1.82, 2.24) is 25.1 Å². The quantitative estimate of drug-likeness (QED) is 0.444. The number of ether oxygens (including phenoxy) is 2. The molecule has 34 heavy (non-hydrogen) atoms. The normalized spacial score (nSPS) is 12.4. The van der Waals surface area contributed by atoms with E-state index in [1.54, 1.807) is 40.3 Å². The van der Waals surface area contributed by atoms with Gasteiger partial charge in [-0.3, -0.25) is 4.79 Å². The first-order valence-corrected chi connectivity index (χ1v) is 11.3. The molecule has 0 aliphatic heterocycles. The molecule has 0 spiro atoms.